The number of carbonyl (C=O) groups excluding carboxylic acids is 12. The fourth-order valence-corrected chi connectivity index (χ4v) is 16.8. The summed E-state index contributed by atoms with van der Waals surface area (Å²) in [5.41, 5.74) is -1.61. The standard InChI is InChI=1S/C73H118ClF3N12O13/c1-13-38-102-44-58-68(98)85(11)57(69(99)87-34-21-16-22-35-87)42-60(91)83(9)55(39-45(3)4)62(92)79-61(46(5)14-2)70(100)82(8)47(6)64(94)89-37-31-54(89)67(97)84(10)56(41-48-24-17-15-18-25-48)66(96)81(7)43-59(90)78-52(30-28-49-27-29-50(51(74)40-49)73(75,76)77)65(95)88-36-23-26-53(88)63(93)80-72(32-19-20-33-72)71(101)86(58)12/h45-58,61H,13-44H2,1-12H3,(H,78,90)(H,79,92)(H,80,93)/t46-,47-,49?,50?,51?,52-,53-,54-,55-,56-,57-,58-,61-/m0/s1. The van der Waals surface area contributed by atoms with Crippen LogP contribution in [0.2, 0.25) is 0 Å². The number of likely N-dealkylation sites (tertiary alicyclic amines) is 1. The smallest absolute Gasteiger partial charge is 0.379 e. The number of rotatable bonds is 14. The second kappa shape index (κ2) is 37.1. The lowest BCUT2D eigenvalue weighted by molar-refractivity contribution is -0.182. The zero-order valence-electron chi connectivity index (χ0n) is 62.6. The van der Waals surface area contributed by atoms with Gasteiger partial charge in [0, 0.05) is 80.4 Å². The molecule has 4 saturated heterocycles. The Morgan fingerprint density at radius 1 is 0.618 bits per heavy atom. The van der Waals surface area contributed by atoms with Gasteiger partial charge in [-0.25, -0.2) is 0 Å². The molecule has 13 atom stereocenters. The second-order valence-corrected chi connectivity index (χ2v) is 31.5. The molecule has 29 heteroatoms. The van der Waals surface area contributed by atoms with Gasteiger partial charge in [0.15, 0.2) is 0 Å². The Balaban J connectivity index is 1.28. The van der Waals surface area contributed by atoms with E-state index in [1.807, 2.05) is 27.7 Å². The monoisotopic (exact) mass is 1460 g/mol. The molecule has 3 saturated carbocycles. The number of ether oxygens (including phenoxy) is 1. The highest BCUT2D eigenvalue weighted by molar-refractivity contribution is 6.21. The Kier molecular flexibility index (Phi) is 30.2. The van der Waals surface area contributed by atoms with Gasteiger partial charge in [-0.15, -0.1) is 11.6 Å². The van der Waals surface area contributed by atoms with E-state index in [-0.39, 0.29) is 115 Å². The molecule has 12 amide bonds. The Hall–Kier alpha value is -6.32. The molecule has 4 heterocycles. The van der Waals surface area contributed by atoms with Crippen molar-refractivity contribution in [2.75, 3.05) is 88.2 Å². The number of piperidine rings is 1. The van der Waals surface area contributed by atoms with Crippen molar-refractivity contribution in [1.82, 2.24) is 60.0 Å². The van der Waals surface area contributed by atoms with Crippen LogP contribution in [0, 0.1) is 29.6 Å². The van der Waals surface area contributed by atoms with Crippen LogP contribution >= 0.6 is 11.6 Å². The summed E-state index contributed by atoms with van der Waals surface area (Å²) in [7, 11) is 8.58. The van der Waals surface area contributed by atoms with Gasteiger partial charge >= 0.3 is 6.18 Å². The lowest BCUT2D eigenvalue weighted by Gasteiger charge is -2.45. The number of nitrogens with one attached hydrogen (secondary N) is 3. The van der Waals surface area contributed by atoms with Gasteiger partial charge in [-0.05, 0) is 133 Å². The van der Waals surface area contributed by atoms with Gasteiger partial charge in [-0.1, -0.05) is 86.0 Å². The lowest BCUT2D eigenvalue weighted by atomic mass is 9.78. The molecule has 0 radical (unpaired) electrons. The van der Waals surface area contributed by atoms with Crippen molar-refractivity contribution in [3.05, 3.63) is 0 Å². The predicted octanol–water partition coefficient (Wildman–Crippen LogP) is 5.86. The van der Waals surface area contributed by atoms with Crippen LogP contribution in [0.4, 0.5) is 13.2 Å². The molecular formula is C73H118ClF3N12O13. The molecule has 4 aliphatic heterocycles. The topological polar surface area (TPSA) is 279 Å². The van der Waals surface area contributed by atoms with Gasteiger partial charge in [0.2, 0.25) is 70.9 Å². The van der Waals surface area contributed by atoms with Gasteiger partial charge < -0.3 is 64.8 Å². The Morgan fingerprint density at radius 3 is 1.86 bits per heavy atom. The summed E-state index contributed by atoms with van der Waals surface area (Å²) in [4.78, 5) is 192. The number of hydrogen-bond donors (Lipinski definition) is 3. The van der Waals surface area contributed by atoms with Gasteiger partial charge in [0.25, 0.3) is 0 Å². The number of fused-ring (bicyclic) bond motifs is 2. The molecule has 7 rings (SSSR count). The minimum atomic E-state index is -4.51. The quantitative estimate of drug-likeness (QED) is 0.136. The fourth-order valence-electron chi connectivity index (χ4n) is 16.3. The number of likely N-dealkylation sites (N-methyl/N-ethyl adjacent to an activating group) is 6. The molecule has 0 aromatic rings. The van der Waals surface area contributed by atoms with Crippen LogP contribution in [0.15, 0.2) is 0 Å². The molecule has 7 aliphatic rings. The summed E-state index contributed by atoms with van der Waals surface area (Å²) in [6, 6.07) is -11.1. The second-order valence-electron chi connectivity index (χ2n) is 31.0. The molecule has 102 heavy (non-hydrogen) atoms. The molecule has 0 aromatic carbocycles. The molecule has 1 spiro atoms. The largest absolute Gasteiger partial charge is 0.393 e. The summed E-state index contributed by atoms with van der Waals surface area (Å²) in [5, 5.41) is 7.59. The van der Waals surface area contributed by atoms with Crippen molar-refractivity contribution in [2.45, 2.75) is 274 Å². The van der Waals surface area contributed by atoms with E-state index < -0.39 is 167 Å². The SMILES string of the molecule is CCCOC[C@H]1C(=O)N(C)[C@H](C(=O)N2CCCCC2)CC(=O)N(C)[C@@H](CC(C)C)C(=O)N[C@@H]([C@@H](C)CC)C(=O)N(C)[C@@H](C)C(=O)N2CC[C@H]2C(=O)N(C)[C@@H](CC2CCCCC2)C(=O)N(C)CC(=O)N[C@@H](CCC2CCC(C(F)(F)F)C(Cl)C2)C(=O)N2CCC[C@H]2C(=O)NC2(CCCC2)C(=O)N1C. The minimum Gasteiger partial charge on any atom is -0.379 e. The molecule has 3 unspecified atom stereocenters. The van der Waals surface area contributed by atoms with Crippen molar-refractivity contribution >= 4 is 82.5 Å². The molecule has 3 N–H and O–H groups in total. The minimum absolute atomic E-state index is 0.00499. The van der Waals surface area contributed by atoms with Gasteiger partial charge in [0.1, 0.15) is 59.9 Å². The molecule has 7 fully saturated rings. The van der Waals surface area contributed by atoms with Crippen LogP contribution in [-0.4, -0.2) is 275 Å². The summed E-state index contributed by atoms with van der Waals surface area (Å²) in [5.74, 6) is -10.4. The van der Waals surface area contributed by atoms with E-state index in [1.54, 1.807) is 11.8 Å². The van der Waals surface area contributed by atoms with E-state index in [0.717, 1.165) is 43.4 Å². The van der Waals surface area contributed by atoms with E-state index >= 15 is 33.6 Å². The highest BCUT2D eigenvalue weighted by Crippen LogP contribution is 2.44. The Labute approximate surface area is 606 Å². The van der Waals surface area contributed by atoms with Gasteiger partial charge in [-0.2, -0.15) is 13.2 Å². The summed E-state index contributed by atoms with van der Waals surface area (Å²) in [6.45, 7) is 10.9. The van der Waals surface area contributed by atoms with Crippen LogP contribution < -0.4 is 16.0 Å². The summed E-state index contributed by atoms with van der Waals surface area (Å²) < 4.78 is 48.1. The van der Waals surface area contributed by atoms with Crippen molar-refractivity contribution in [1.29, 1.82) is 0 Å². The van der Waals surface area contributed by atoms with E-state index in [0.29, 0.717) is 58.0 Å². The molecule has 3 aliphatic carbocycles. The number of carbonyl (C=O) groups is 12. The maximum Gasteiger partial charge on any atom is 0.393 e. The molecule has 0 aromatic heterocycles. The van der Waals surface area contributed by atoms with Crippen molar-refractivity contribution in [3.63, 3.8) is 0 Å². The highest BCUT2D eigenvalue weighted by atomic mass is 35.5. The first-order valence-electron chi connectivity index (χ1n) is 37.9. The normalized spacial score (nSPS) is 30.6. The molecule has 576 valence electrons. The first kappa shape index (κ1) is 83.0. The van der Waals surface area contributed by atoms with E-state index in [1.165, 1.54) is 83.5 Å². The van der Waals surface area contributed by atoms with Crippen molar-refractivity contribution in [2.24, 2.45) is 29.6 Å². The summed E-state index contributed by atoms with van der Waals surface area (Å²) >= 11 is 6.41. The number of nitrogens with zero attached hydrogens (tertiary/aromatic N) is 9. The summed E-state index contributed by atoms with van der Waals surface area (Å²) in [6.07, 6.45) is 4.83. The Bertz CT molecular complexity index is 2970. The van der Waals surface area contributed by atoms with Crippen molar-refractivity contribution < 1.29 is 75.4 Å². The fraction of sp³-hybridized carbons (Fsp3) is 0.836. The van der Waals surface area contributed by atoms with Crippen LogP contribution in [0.3, 0.4) is 0 Å². The average molecular weight is 1460 g/mol. The molecule has 25 nitrogen and oxygen atoms in total. The average Bonchev–Trinajstić information content (AvgIpc) is 1.56. The first-order chi connectivity index (χ1) is 48.2. The van der Waals surface area contributed by atoms with Crippen LogP contribution in [0.5, 0.6) is 0 Å². The zero-order valence-corrected chi connectivity index (χ0v) is 63.4. The molecule has 0 bridgehead atoms. The zero-order chi connectivity index (χ0) is 75.2. The van der Waals surface area contributed by atoms with E-state index in [4.69, 9.17) is 16.3 Å². The van der Waals surface area contributed by atoms with Crippen molar-refractivity contribution in [3.8, 4) is 0 Å². The molecular weight excluding hydrogens is 1350 g/mol. The van der Waals surface area contributed by atoms with E-state index in [9.17, 15) is 37.1 Å². The number of alkyl halides is 4. The first-order valence-corrected chi connectivity index (χ1v) is 38.3. The highest BCUT2D eigenvalue weighted by Gasteiger charge is 2.52. The van der Waals surface area contributed by atoms with E-state index in [2.05, 4.69) is 16.0 Å². The lowest BCUT2D eigenvalue weighted by Crippen LogP contribution is -2.65. The van der Waals surface area contributed by atoms with Crippen LogP contribution in [-0.2, 0) is 62.3 Å². The third-order valence-corrected chi connectivity index (χ3v) is 23.8. The number of amides is 12. The number of halogens is 4. The predicted molar refractivity (Wildman–Crippen MR) is 376 cm³/mol. The van der Waals surface area contributed by atoms with Gasteiger partial charge in [0.05, 0.1) is 25.5 Å². The maximum atomic E-state index is 15.5. The van der Waals surface area contributed by atoms with Crippen LogP contribution in [0.25, 0.3) is 0 Å². The number of hydrogen-bond acceptors (Lipinski definition) is 13. The Morgan fingerprint density at radius 2 is 1.26 bits per heavy atom. The third-order valence-electron chi connectivity index (χ3n) is 23.3. The van der Waals surface area contributed by atoms with Gasteiger partial charge in [-0.3, -0.25) is 57.5 Å². The van der Waals surface area contributed by atoms with Crippen LogP contribution in [0.1, 0.15) is 202 Å². The maximum absolute atomic E-state index is 15.5. The third kappa shape index (κ3) is 20.2.